The van der Waals surface area contributed by atoms with Gasteiger partial charge in [0.1, 0.15) is 17.4 Å². The minimum atomic E-state index is -0.758. The number of β-amino-alcohol motifs (C(OH)–C–C–N with tert-alkyl or cyclic N) is 1. The maximum atomic E-state index is 14.0. The number of benzene rings is 2. The molecule has 25 heavy (non-hydrogen) atoms. The van der Waals surface area contributed by atoms with Crippen LogP contribution in [0, 0.1) is 11.6 Å². The lowest BCUT2D eigenvalue weighted by molar-refractivity contribution is -0.133. The molecule has 1 fully saturated rings. The molecule has 0 aromatic heterocycles. The Hall–Kier alpha value is -2.47. The summed E-state index contributed by atoms with van der Waals surface area (Å²) < 4.78 is 33.0. The van der Waals surface area contributed by atoms with Crippen LogP contribution in [0.2, 0.25) is 0 Å². The third kappa shape index (κ3) is 4.14. The van der Waals surface area contributed by atoms with E-state index >= 15 is 0 Å². The van der Waals surface area contributed by atoms with Crippen molar-refractivity contribution >= 4 is 5.91 Å². The smallest absolute Gasteiger partial charge is 0.226 e. The van der Waals surface area contributed by atoms with Crippen molar-refractivity contribution in [1.82, 2.24) is 4.90 Å². The summed E-state index contributed by atoms with van der Waals surface area (Å²) >= 11 is 0. The van der Waals surface area contributed by atoms with E-state index in [0.29, 0.717) is 5.75 Å². The van der Waals surface area contributed by atoms with Gasteiger partial charge in [0.15, 0.2) is 0 Å². The van der Waals surface area contributed by atoms with Crippen LogP contribution >= 0.6 is 0 Å². The topological polar surface area (TPSA) is 49.8 Å². The van der Waals surface area contributed by atoms with E-state index < -0.39 is 23.8 Å². The van der Waals surface area contributed by atoms with E-state index in [4.69, 9.17) is 4.74 Å². The Morgan fingerprint density at radius 2 is 1.96 bits per heavy atom. The first-order valence-electron chi connectivity index (χ1n) is 8.15. The summed E-state index contributed by atoms with van der Waals surface area (Å²) in [6.07, 6.45) is -0.479. The molecular formula is C19H19F2NO3. The maximum Gasteiger partial charge on any atom is 0.226 e. The molecule has 1 aliphatic rings. The number of ether oxygens (including phenoxy) is 1. The number of carbonyl (C=O) groups excluding carboxylic acids is 1. The van der Waals surface area contributed by atoms with E-state index in [0.717, 1.165) is 18.2 Å². The Labute approximate surface area is 144 Å². The molecule has 2 aromatic rings. The summed E-state index contributed by atoms with van der Waals surface area (Å²) in [6, 6.07) is 11.6. The molecule has 4 nitrogen and oxygen atoms in total. The molecule has 1 N–H and O–H groups in total. The lowest BCUT2D eigenvalue weighted by Crippen LogP contribution is -2.33. The normalized spacial score (nSPS) is 19.9. The second-order valence-corrected chi connectivity index (χ2v) is 6.03. The second-order valence-electron chi connectivity index (χ2n) is 6.03. The number of rotatable bonds is 5. The van der Waals surface area contributed by atoms with Crippen molar-refractivity contribution in [3.63, 3.8) is 0 Å². The van der Waals surface area contributed by atoms with Gasteiger partial charge in [0.2, 0.25) is 5.91 Å². The standard InChI is InChI=1S/C19H19F2NO3/c20-13-6-7-17(21)16(10-13)18-11-14(23)12-22(18)19(24)8-9-25-15-4-2-1-3-5-15/h1-7,10,14,18,23H,8-9,11-12H2/t14-,18+/m1/s1. The van der Waals surface area contributed by atoms with Crippen molar-refractivity contribution in [2.75, 3.05) is 13.2 Å². The molecule has 0 saturated carbocycles. The van der Waals surface area contributed by atoms with Crippen LogP contribution in [0.5, 0.6) is 5.75 Å². The van der Waals surface area contributed by atoms with Gasteiger partial charge < -0.3 is 14.7 Å². The van der Waals surface area contributed by atoms with Gasteiger partial charge in [0, 0.05) is 12.1 Å². The highest BCUT2D eigenvalue weighted by molar-refractivity contribution is 5.77. The summed E-state index contributed by atoms with van der Waals surface area (Å²) in [5.41, 5.74) is 0.0916. The molecule has 1 heterocycles. The fraction of sp³-hybridized carbons (Fsp3) is 0.316. The van der Waals surface area contributed by atoms with Gasteiger partial charge in [-0.2, -0.15) is 0 Å². The van der Waals surface area contributed by atoms with Gasteiger partial charge in [-0.25, -0.2) is 8.78 Å². The van der Waals surface area contributed by atoms with E-state index in [2.05, 4.69) is 0 Å². The van der Waals surface area contributed by atoms with Crippen LogP contribution in [0.15, 0.2) is 48.5 Å². The van der Waals surface area contributed by atoms with Crippen LogP contribution < -0.4 is 4.74 Å². The number of carbonyl (C=O) groups is 1. The SMILES string of the molecule is O=C(CCOc1ccccc1)N1C[C@H](O)C[C@H]1c1cc(F)ccc1F. The molecule has 1 amide bonds. The van der Waals surface area contributed by atoms with Crippen molar-refractivity contribution in [1.29, 1.82) is 0 Å². The van der Waals surface area contributed by atoms with Crippen molar-refractivity contribution in [3.05, 3.63) is 65.7 Å². The van der Waals surface area contributed by atoms with Crippen molar-refractivity contribution in [2.45, 2.75) is 25.0 Å². The fourth-order valence-corrected chi connectivity index (χ4v) is 3.07. The predicted octanol–water partition coefficient (Wildman–Crippen LogP) is 3.07. The van der Waals surface area contributed by atoms with Gasteiger partial charge >= 0.3 is 0 Å². The molecule has 132 valence electrons. The predicted molar refractivity (Wildman–Crippen MR) is 88.0 cm³/mol. The van der Waals surface area contributed by atoms with Crippen LogP contribution in [-0.4, -0.2) is 35.2 Å². The summed E-state index contributed by atoms with van der Waals surface area (Å²) in [4.78, 5) is 13.9. The monoisotopic (exact) mass is 347 g/mol. The molecule has 0 aliphatic carbocycles. The molecule has 0 radical (unpaired) electrons. The molecule has 0 bridgehead atoms. The quantitative estimate of drug-likeness (QED) is 0.904. The van der Waals surface area contributed by atoms with E-state index in [1.807, 2.05) is 18.2 Å². The highest BCUT2D eigenvalue weighted by Gasteiger charge is 2.36. The Morgan fingerprint density at radius 1 is 1.20 bits per heavy atom. The molecule has 0 unspecified atom stereocenters. The molecule has 3 rings (SSSR count). The Morgan fingerprint density at radius 3 is 2.72 bits per heavy atom. The molecule has 1 aliphatic heterocycles. The zero-order valence-electron chi connectivity index (χ0n) is 13.6. The van der Waals surface area contributed by atoms with Crippen LogP contribution in [0.25, 0.3) is 0 Å². The number of hydrogen-bond donors (Lipinski definition) is 1. The molecule has 1 saturated heterocycles. The fourth-order valence-electron chi connectivity index (χ4n) is 3.07. The highest BCUT2D eigenvalue weighted by Crippen LogP contribution is 2.34. The number of aliphatic hydroxyl groups excluding tert-OH is 1. The Bertz CT molecular complexity index is 739. The second kappa shape index (κ2) is 7.61. The highest BCUT2D eigenvalue weighted by atomic mass is 19.1. The third-order valence-corrected chi connectivity index (χ3v) is 4.24. The minimum Gasteiger partial charge on any atom is -0.493 e. The van der Waals surface area contributed by atoms with E-state index in [9.17, 15) is 18.7 Å². The number of nitrogens with zero attached hydrogens (tertiary/aromatic N) is 1. The maximum absolute atomic E-state index is 14.0. The van der Waals surface area contributed by atoms with Gasteiger partial charge in [-0.05, 0) is 36.8 Å². The molecule has 0 spiro atoms. The van der Waals surface area contributed by atoms with Gasteiger partial charge in [-0.1, -0.05) is 18.2 Å². The zero-order valence-corrected chi connectivity index (χ0v) is 13.6. The summed E-state index contributed by atoms with van der Waals surface area (Å²) in [5.74, 6) is -0.762. The van der Waals surface area contributed by atoms with Crippen molar-refractivity contribution in [3.8, 4) is 5.75 Å². The van der Waals surface area contributed by atoms with E-state index in [-0.39, 0.29) is 37.5 Å². The number of halogens is 2. The average Bonchev–Trinajstić information content (AvgIpc) is 2.99. The average molecular weight is 347 g/mol. The number of para-hydroxylation sites is 1. The van der Waals surface area contributed by atoms with Crippen LogP contribution in [0.3, 0.4) is 0 Å². The number of amides is 1. The first-order valence-corrected chi connectivity index (χ1v) is 8.15. The first-order chi connectivity index (χ1) is 12.0. The third-order valence-electron chi connectivity index (χ3n) is 4.24. The van der Waals surface area contributed by atoms with Crippen molar-refractivity contribution in [2.24, 2.45) is 0 Å². The van der Waals surface area contributed by atoms with Gasteiger partial charge in [-0.15, -0.1) is 0 Å². The number of likely N-dealkylation sites (tertiary alicyclic amines) is 1. The summed E-state index contributed by atoms with van der Waals surface area (Å²) in [7, 11) is 0. The Kier molecular flexibility index (Phi) is 5.28. The minimum absolute atomic E-state index is 0.0916. The molecule has 6 heteroatoms. The lowest BCUT2D eigenvalue weighted by Gasteiger charge is -2.25. The van der Waals surface area contributed by atoms with Crippen LogP contribution in [0.4, 0.5) is 8.78 Å². The van der Waals surface area contributed by atoms with Crippen molar-refractivity contribution < 1.29 is 23.4 Å². The molecule has 2 atom stereocenters. The van der Waals surface area contributed by atoms with Gasteiger partial charge in [0.05, 0.1) is 25.2 Å². The number of aliphatic hydroxyl groups is 1. The van der Waals surface area contributed by atoms with E-state index in [1.165, 1.54) is 4.90 Å². The molecular weight excluding hydrogens is 328 g/mol. The van der Waals surface area contributed by atoms with Crippen LogP contribution in [-0.2, 0) is 4.79 Å². The Balaban J connectivity index is 1.66. The molecule has 2 aromatic carbocycles. The lowest BCUT2D eigenvalue weighted by atomic mass is 10.0. The van der Waals surface area contributed by atoms with Gasteiger partial charge in [0.25, 0.3) is 0 Å². The summed E-state index contributed by atoms with van der Waals surface area (Å²) in [5, 5.41) is 9.90. The van der Waals surface area contributed by atoms with Crippen LogP contribution in [0.1, 0.15) is 24.4 Å². The zero-order chi connectivity index (χ0) is 17.8. The van der Waals surface area contributed by atoms with E-state index in [1.54, 1.807) is 12.1 Å². The summed E-state index contributed by atoms with van der Waals surface area (Å²) in [6.45, 7) is 0.276. The first kappa shape index (κ1) is 17.4. The largest absolute Gasteiger partial charge is 0.493 e. The van der Waals surface area contributed by atoms with Gasteiger partial charge in [-0.3, -0.25) is 4.79 Å². The number of hydrogen-bond acceptors (Lipinski definition) is 3.